The van der Waals surface area contributed by atoms with Crippen molar-refractivity contribution in [1.29, 1.82) is 0 Å². The van der Waals surface area contributed by atoms with Crippen LogP contribution in [0.3, 0.4) is 0 Å². The lowest BCUT2D eigenvalue weighted by molar-refractivity contribution is -0.127. The van der Waals surface area contributed by atoms with Crippen LogP contribution in [-0.2, 0) is 25.1 Å². The summed E-state index contributed by atoms with van der Waals surface area (Å²) < 4.78 is 27.6. The monoisotopic (exact) mass is 404 g/mol. The molecule has 148 valence electrons. The van der Waals surface area contributed by atoms with Crippen LogP contribution >= 0.6 is 0 Å². The van der Waals surface area contributed by atoms with E-state index in [0.29, 0.717) is 11.3 Å². The fourth-order valence-electron chi connectivity index (χ4n) is 2.22. The number of nitrogens with one attached hydrogen (secondary N) is 2. The minimum absolute atomic E-state index is 0.141. The molecule has 0 saturated carbocycles. The number of hydrogen-bond donors (Lipinski definition) is 2. The number of carbonyl (C=O) groups excluding carboxylic acids is 3. The zero-order valence-corrected chi connectivity index (χ0v) is 16.2. The van der Waals surface area contributed by atoms with Crippen LogP contribution in [0.25, 0.3) is 0 Å². The average molecular weight is 404 g/mol. The van der Waals surface area contributed by atoms with E-state index in [4.69, 9.17) is 4.74 Å². The number of amides is 3. The SMILES string of the molecule is CC(OC(=O)c1ccc(CS(C)(=O)=O)cc1)C(=O)NC(=O)Nc1ccccc1. The highest BCUT2D eigenvalue weighted by molar-refractivity contribution is 7.89. The van der Waals surface area contributed by atoms with Gasteiger partial charge in [0.05, 0.1) is 11.3 Å². The van der Waals surface area contributed by atoms with E-state index in [1.807, 2.05) is 0 Å². The first-order chi connectivity index (χ1) is 13.1. The van der Waals surface area contributed by atoms with E-state index < -0.39 is 33.8 Å². The van der Waals surface area contributed by atoms with Crippen molar-refractivity contribution in [2.75, 3.05) is 11.6 Å². The first-order valence-electron chi connectivity index (χ1n) is 8.28. The summed E-state index contributed by atoms with van der Waals surface area (Å²) in [6, 6.07) is 13.6. The Hall–Kier alpha value is -3.20. The molecule has 0 saturated heterocycles. The van der Waals surface area contributed by atoms with Crippen LogP contribution < -0.4 is 10.6 Å². The minimum Gasteiger partial charge on any atom is -0.449 e. The largest absolute Gasteiger partial charge is 0.449 e. The van der Waals surface area contributed by atoms with E-state index in [9.17, 15) is 22.8 Å². The number of rotatable bonds is 6. The second kappa shape index (κ2) is 9.14. The van der Waals surface area contributed by atoms with Crippen molar-refractivity contribution in [1.82, 2.24) is 5.32 Å². The van der Waals surface area contributed by atoms with E-state index in [1.165, 1.54) is 31.2 Å². The smallest absolute Gasteiger partial charge is 0.338 e. The fourth-order valence-corrected chi connectivity index (χ4v) is 3.02. The predicted octanol–water partition coefficient (Wildman–Crippen LogP) is 2.12. The third-order valence-corrected chi connectivity index (χ3v) is 4.40. The number of benzene rings is 2. The molecule has 0 spiro atoms. The molecule has 1 atom stereocenters. The van der Waals surface area contributed by atoms with Crippen LogP contribution in [-0.4, -0.2) is 38.7 Å². The van der Waals surface area contributed by atoms with Gasteiger partial charge in [0.2, 0.25) is 0 Å². The molecular formula is C19H20N2O6S. The molecule has 2 rings (SSSR count). The van der Waals surface area contributed by atoms with E-state index >= 15 is 0 Å². The highest BCUT2D eigenvalue weighted by Gasteiger charge is 2.21. The van der Waals surface area contributed by atoms with Crippen molar-refractivity contribution in [3.8, 4) is 0 Å². The first-order valence-corrected chi connectivity index (χ1v) is 10.3. The van der Waals surface area contributed by atoms with E-state index in [0.717, 1.165) is 6.26 Å². The van der Waals surface area contributed by atoms with Gasteiger partial charge in [-0.05, 0) is 36.8 Å². The van der Waals surface area contributed by atoms with Crippen LogP contribution in [0.2, 0.25) is 0 Å². The van der Waals surface area contributed by atoms with Crippen LogP contribution in [0.4, 0.5) is 10.5 Å². The molecule has 0 aliphatic rings. The van der Waals surface area contributed by atoms with Gasteiger partial charge >= 0.3 is 12.0 Å². The molecule has 0 fully saturated rings. The quantitative estimate of drug-likeness (QED) is 0.712. The molecule has 28 heavy (non-hydrogen) atoms. The molecule has 0 aliphatic carbocycles. The number of carbonyl (C=O) groups is 3. The Kier molecular flexibility index (Phi) is 6.89. The third-order valence-electron chi connectivity index (χ3n) is 3.54. The second-order valence-corrected chi connectivity index (χ2v) is 8.26. The summed E-state index contributed by atoms with van der Waals surface area (Å²) in [5.74, 6) is -1.69. The molecule has 0 aliphatic heterocycles. The summed E-state index contributed by atoms with van der Waals surface area (Å²) >= 11 is 0. The summed E-state index contributed by atoms with van der Waals surface area (Å²) in [5.41, 5.74) is 1.19. The maximum absolute atomic E-state index is 12.1. The van der Waals surface area contributed by atoms with Crippen molar-refractivity contribution in [2.45, 2.75) is 18.8 Å². The van der Waals surface area contributed by atoms with Gasteiger partial charge in [-0.25, -0.2) is 18.0 Å². The molecule has 9 heteroatoms. The van der Waals surface area contributed by atoms with Gasteiger partial charge in [-0.1, -0.05) is 30.3 Å². The highest BCUT2D eigenvalue weighted by atomic mass is 32.2. The Balaban J connectivity index is 1.88. The molecule has 0 radical (unpaired) electrons. The highest BCUT2D eigenvalue weighted by Crippen LogP contribution is 2.10. The van der Waals surface area contributed by atoms with Crippen LogP contribution in [0.15, 0.2) is 54.6 Å². The second-order valence-electron chi connectivity index (χ2n) is 6.12. The van der Waals surface area contributed by atoms with Crippen molar-refractivity contribution in [2.24, 2.45) is 0 Å². The third kappa shape index (κ3) is 6.84. The maximum Gasteiger partial charge on any atom is 0.338 e. The number of sulfone groups is 1. The van der Waals surface area contributed by atoms with E-state index in [2.05, 4.69) is 10.6 Å². The summed E-state index contributed by atoms with van der Waals surface area (Å²) in [5, 5.41) is 4.56. The van der Waals surface area contributed by atoms with Crippen molar-refractivity contribution in [3.05, 3.63) is 65.7 Å². The Bertz CT molecular complexity index is 956. The molecular weight excluding hydrogens is 384 g/mol. The molecule has 2 aromatic rings. The summed E-state index contributed by atoms with van der Waals surface area (Å²) in [4.78, 5) is 35.9. The molecule has 8 nitrogen and oxygen atoms in total. The Morgan fingerprint density at radius 2 is 1.61 bits per heavy atom. The molecule has 2 aromatic carbocycles. The Morgan fingerprint density at radius 3 is 2.18 bits per heavy atom. The maximum atomic E-state index is 12.1. The van der Waals surface area contributed by atoms with Gasteiger partial charge in [-0.2, -0.15) is 0 Å². The number of anilines is 1. The number of urea groups is 1. The summed E-state index contributed by atoms with van der Waals surface area (Å²) in [6.07, 6.45) is -0.0895. The predicted molar refractivity (Wildman–Crippen MR) is 103 cm³/mol. The van der Waals surface area contributed by atoms with Crippen LogP contribution in [0, 0.1) is 0 Å². The van der Waals surface area contributed by atoms with Crippen LogP contribution in [0.1, 0.15) is 22.8 Å². The van der Waals surface area contributed by atoms with Gasteiger partial charge in [0.25, 0.3) is 5.91 Å². The molecule has 0 aromatic heterocycles. The van der Waals surface area contributed by atoms with Gasteiger partial charge in [-0.15, -0.1) is 0 Å². The fraction of sp³-hybridized carbons (Fsp3) is 0.211. The lowest BCUT2D eigenvalue weighted by Gasteiger charge is -2.13. The van der Waals surface area contributed by atoms with Gasteiger partial charge in [0, 0.05) is 11.9 Å². The van der Waals surface area contributed by atoms with Gasteiger partial charge in [0.1, 0.15) is 0 Å². The molecule has 0 bridgehead atoms. The number of ether oxygens (including phenoxy) is 1. The van der Waals surface area contributed by atoms with E-state index in [-0.39, 0.29) is 11.3 Å². The van der Waals surface area contributed by atoms with Crippen molar-refractivity contribution >= 4 is 33.4 Å². The first kappa shape index (κ1) is 21.1. The minimum atomic E-state index is -3.18. The van der Waals surface area contributed by atoms with Gasteiger partial charge in [-0.3, -0.25) is 10.1 Å². The van der Waals surface area contributed by atoms with Crippen molar-refractivity contribution in [3.63, 3.8) is 0 Å². The number of hydrogen-bond acceptors (Lipinski definition) is 6. The Morgan fingerprint density at radius 1 is 1.00 bits per heavy atom. The number of para-hydroxylation sites is 1. The van der Waals surface area contributed by atoms with Gasteiger partial charge < -0.3 is 10.1 Å². The lowest BCUT2D eigenvalue weighted by Crippen LogP contribution is -2.41. The molecule has 3 amide bonds. The zero-order valence-electron chi connectivity index (χ0n) is 15.3. The van der Waals surface area contributed by atoms with Gasteiger partial charge in [0.15, 0.2) is 15.9 Å². The topological polar surface area (TPSA) is 119 Å². The van der Waals surface area contributed by atoms with Crippen molar-refractivity contribution < 1.29 is 27.5 Å². The van der Waals surface area contributed by atoms with E-state index in [1.54, 1.807) is 30.3 Å². The summed E-state index contributed by atoms with van der Waals surface area (Å²) in [7, 11) is -3.18. The summed E-state index contributed by atoms with van der Waals surface area (Å²) in [6.45, 7) is 1.33. The molecule has 2 N–H and O–H groups in total. The number of esters is 1. The zero-order chi connectivity index (χ0) is 20.7. The Labute approximate surface area is 162 Å². The molecule has 0 heterocycles. The normalized spacial score (nSPS) is 11.9. The number of imide groups is 1. The standard InChI is InChI=1S/C19H20N2O6S/c1-13(17(22)21-19(24)20-16-6-4-3-5-7-16)27-18(23)15-10-8-14(9-11-15)12-28(2,25)26/h3-11,13H,12H2,1-2H3,(H2,20,21,22,24). The molecule has 1 unspecified atom stereocenters. The lowest BCUT2D eigenvalue weighted by atomic mass is 10.1. The average Bonchev–Trinajstić information content (AvgIpc) is 2.61. The van der Waals surface area contributed by atoms with Crippen LogP contribution in [0.5, 0.6) is 0 Å².